The molecule has 3 N–H and O–H groups in total. The van der Waals surface area contributed by atoms with Crippen molar-refractivity contribution in [3.05, 3.63) is 11.1 Å². The zero-order valence-corrected chi connectivity index (χ0v) is 8.31. The minimum Gasteiger partial charge on any atom is -0.479 e. The molecule has 0 saturated heterocycles. The Hall–Kier alpha value is -0.000000000000000111. The first-order chi connectivity index (χ1) is 5.73. The van der Waals surface area contributed by atoms with Gasteiger partial charge in [0.25, 0.3) is 0 Å². The third-order valence-electron chi connectivity index (χ3n) is 1.79. The number of aliphatic carboxylic acids is 1. The highest BCUT2D eigenvalue weighted by Crippen LogP contribution is 2.47. The van der Waals surface area contributed by atoms with Gasteiger partial charge in [0.1, 0.15) is 6.10 Å². The van der Waals surface area contributed by atoms with Crippen LogP contribution >= 0.6 is 34.8 Å². The van der Waals surface area contributed by atoms with Crippen molar-refractivity contribution in [3.8, 4) is 0 Å². The molecule has 0 aromatic carbocycles. The fourth-order valence-electron chi connectivity index (χ4n) is 0.961. The van der Waals surface area contributed by atoms with Crippen molar-refractivity contribution in [2.45, 2.75) is 16.0 Å². The fourth-order valence-corrected chi connectivity index (χ4v) is 1.90. The van der Waals surface area contributed by atoms with Gasteiger partial charge in [-0.05, 0) is 6.08 Å². The molecule has 0 aromatic heterocycles. The van der Waals surface area contributed by atoms with Crippen molar-refractivity contribution >= 4 is 40.8 Å². The molecule has 4 nitrogen and oxygen atoms in total. The number of aliphatic hydroxyl groups excluding tert-OH is 1. The van der Waals surface area contributed by atoms with Crippen LogP contribution in [0, 0.1) is 0 Å². The fraction of sp³-hybridized carbons (Fsp3) is 0.500. The number of hydrogen-bond acceptors (Lipinski definition) is 3. The van der Waals surface area contributed by atoms with E-state index in [2.05, 4.69) is 0 Å². The van der Waals surface area contributed by atoms with E-state index in [1.807, 2.05) is 0 Å². The molecule has 0 unspecified atom stereocenters. The van der Waals surface area contributed by atoms with E-state index in [9.17, 15) is 15.0 Å². The second-order valence-corrected chi connectivity index (χ2v) is 4.45. The van der Waals surface area contributed by atoms with E-state index in [-0.39, 0.29) is 5.03 Å². The first kappa shape index (κ1) is 11.1. The zero-order valence-electron chi connectivity index (χ0n) is 6.04. The highest BCUT2D eigenvalue weighted by Gasteiger charge is 2.62. The number of halogens is 3. The SMILES string of the molecule is O=C(O)[C@]1(O)C=C(Cl)[C@@H](O)C1(Cl)Cl. The molecule has 0 aliphatic heterocycles. The predicted molar refractivity (Wildman–Crippen MR) is 47.0 cm³/mol. The normalized spacial score (nSPS) is 37.3. The van der Waals surface area contributed by atoms with Crippen molar-refractivity contribution in [1.82, 2.24) is 0 Å². The van der Waals surface area contributed by atoms with Crippen LogP contribution in [0.2, 0.25) is 0 Å². The maximum Gasteiger partial charge on any atom is 0.343 e. The first-order valence-corrected chi connectivity index (χ1v) is 4.27. The van der Waals surface area contributed by atoms with E-state index < -0.39 is 22.0 Å². The van der Waals surface area contributed by atoms with E-state index in [1.165, 1.54) is 0 Å². The molecule has 0 saturated carbocycles. The predicted octanol–water partition coefficient (Wildman–Crippen LogP) is 0.473. The lowest BCUT2D eigenvalue weighted by molar-refractivity contribution is -0.155. The van der Waals surface area contributed by atoms with Gasteiger partial charge in [-0.3, -0.25) is 0 Å². The van der Waals surface area contributed by atoms with Crippen LogP contribution in [0.5, 0.6) is 0 Å². The Labute approximate surface area is 88.3 Å². The summed E-state index contributed by atoms with van der Waals surface area (Å²) >= 11 is 16.3. The molecule has 0 fully saturated rings. The van der Waals surface area contributed by atoms with Crippen molar-refractivity contribution in [1.29, 1.82) is 0 Å². The number of carboxylic acids is 1. The molecule has 1 aliphatic rings. The summed E-state index contributed by atoms with van der Waals surface area (Å²) < 4.78 is -2.27. The molecule has 0 aromatic rings. The molecule has 13 heavy (non-hydrogen) atoms. The second kappa shape index (κ2) is 3.00. The Kier molecular flexibility index (Phi) is 2.56. The van der Waals surface area contributed by atoms with Gasteiger partial charge in [0, 0.05) is 5.03 Å². The topological polar surface area (TPSA) is 77.8 Å². The molecule has 1 aliphatic carbocycles. The summed E-state index contributed by atoms with van der Waals surface area (Å²) in [6.45, 7) is 0. The molecule has 7 heteroatoms. The molecule has 0 amide bonds. The van der Waals surface area contributed by atoms with Gasteiger partial charge >= 0.3 is 5.97 Å². The molecule has 1 rings (SSSR count). The quantitative estimate of drug-likeness (QED) is 0.589. The van der Waals surface area contributed by atoms with Crippen LogP contribution in [0.3, 0.4) is 0 Å². The number of alkyl halides is 2. The lowest BCUT2D eigenvalue weighted by Crippen LogP contribution is -2.53. The van der Waals surface area contributed by atoms with Crippen LogP contribution < -0.4 is 0 Å². The Balaban J connectivity index is 3.22. The van der Waals surface area contributed by atoms with Crippen molar-refractivity contribution in [2.75, 3.05) is 0 Å². The van der Waals surface area contributed by atoms with Gasteiger partial charge in [-0.1, -0.05) is 34.8 Å². The van der Waals surface area contributed by atoms with Gasteiger partial charge in [0.15, 0.2) is 4.33 Å². The summed E-state index contributed by atoms with van der Waals surface area (Å²) in [5.41, 5.74) is -2.56. The lowest BCUT2D eigenvalue weighted by Gasteiger charge is -2.29. The van der Waals surface area contributed by atoms with E-state index in [1.54, 1.807) is 0 Å². The monoisotopic (exact) mass is 246 g/mol. The van der Waals surface area contributed by atoms with Crippen molar-refractivity contribution < 1.29 is 20.1 Å². The third-order valence-corrected chi connectivity index (χ3v) is 3.09. The molecule has 0 bridgehead atoms. The number of aliphatic hydroxyl groups is 2. The van der Waals surface area contributed by atoms with Gasteiger partial charge in [-0.15, -0.1) is 0 Å². The molecule has 0 radical (unpaired) electrons. The zero-order chi connectivity index (χ0) is 10.4. The molecular formula is C6H5Cl3O4. The van der Waals surface area contributed by atoms with Crippen molar-refractivity contribution in [2.24, 2.45) is 0 Å². The summed E-state index contributed by atoms with van der Waals surface area (Å²) in [5.74, 6) is -1.67. The molecular weight excluding hydrogens is 242 g/mol. The van der Waals surface area contributed by atoms with Crippen LogP contribution in [0.15, 0.2) is 11.1 Å². The van der Waals surface area contributed by atoms with Crippen LogP contribution in [0.1, 0.15) is 0 Å². The molecule has 0 spiro atoms. The van der Waals surface area contributed by atoms with Gasteiger partial charge in [-0.25, -0.2) is 4.79 Å². The number of rotatable bonds is 1. The molecule has 0 heterocycles. The molecule has 74 valence electrons. The minimum absolute atomic E-state index is 0.296. The van der Waals surface area contributed by atoms with Crippen LogP contribution in [0.4, 0.5) is 0 Å². The Morgan fingerprint density at radius 2 is 2.00 bits per heavy atom. The largest absolute Gasteiger partial charge is 0.479 e. The second-order valence-electron chi connectivity index (χ2n) is 2.63. The van der Waals surface area contributed by atoms with Gasteiger partial charge < -0.3 is 15.3 Å². The maximum absolute atomic E-state index is 10.6. The number of carbonyl (C=O) groups is 1. The Bertz CT molecular complexity index is 288. The smallest absolute Gasteiger partial charge is 0.343 e. The maximum atomic E-state index is 10.6. The van der Waals surface area contributed by atoms with Gasteiger partial charge in [-0.2, -0.15) is 0 Å². The summed E-state index contributed by atoms with van der Waals surface area (Å²) in [5, 5.41) is 27.0. The van der Waals surface area contributed by atoms with Gasteiger partial charge in [0.05, 0.1) is 0 Å². The summed E-state index contributed by atoms with van der Waals surface area (Å²) in [7, 11) is 0. The van der Waals surface area contributed by atoms with E-state index in [0.717, 1.165) is 0 Å². The number of carboxylic acid groups (broad SMARTS) is 1. The molecule has 2 atom stereocenters. The van der Waals surface area contributed by atoms with Crippen LogP contribution in [-0.4, -0.2) is 37.3 Å². The van der Waals surface area contributed by atoms with E-state index >= 15 is 0 Å². The summed E-state index contributed by atoms with van der Waals surface area (Å²) in [6.07, 6.45) is -0.903. The number of hydrogen-bond donors (Lipinski definition) is 3. The standard InChI is InChI=1S/C6H5Cl3O4/c7-2-1-5(13,4(11)12)6(8,9)3(2)10/h1,3,10,13H,(H,11,12)/t3-,5-/m1/s1. The Morgan fingerprint density at radius 1 is 1.54 bits per heavy atom. The lowest BCUT2D eigenvalue weighted by atomic mass is 10.0. The first-order valence-electron chi connectivity index (χ1n) is 3.13. The third kappa shape index (κ3) is 1.33. The summed E-state index contributed by atoms with van der Waals surface area (Å²) in [6, 6.07) is 0. The van der Waals surface area contributed by atoms with Crippen LogP contribution in [-0.2, 0) is 4.79 Å². The van der Waals surface area contributed by atoms with Gasteiger partial charge in [0.2, 0.25) is 5.60 Å². The highest BCUT2D eigenvalue weighted by atomic mass is 35.5. The van der Waals surface area contributed by atoms with Crippen molar-refractivity contribution in [3.63, 3.8) is 0 Å². The Morgan fingerprint density at radius 3 is 2.15 bits per heavy atom. The van der Waals surface area contributed by atoms with E-state index in [0.29, 0.717) is 6.08 Å². The summed E-state index contributed by atoms with van der Waals surface area (Å²) in [4.78, 5) is 10.6. The highest BCUT2D eigenvalue weighted by molar-refractivity contribution is 6.53. The average molecular weight is 247 g/mol. The van der Waals surface area contributed by atoms with Crippen LogP contribution in [0.25, 0.3) is 0 Å². The van der Waals surface area contributed by atoms with E-state index in [4.69, 9.17) is 39.9 Å². The average Bonchev–Trinajstić information content (AvgIpc) is 2.14. The minimum atomic E-state index is -2.56.